The number of rotatable bonds is 4. The molecule has 0 N–H and O–H groups in total. The standard InChI is InChI=1S/C11H10ClNO4/c1-17-11(14)5-3-8-2-4-10(12)9(6-8)7-13(15)16/h2-6H,7H2,1H3/b5-3+. The van der Waals surface area contributed by atoms with Crippen LogP contribution in [0.5, 0.6) is 0 Å². The number of methoxy groups -OCH3 is 1. The molecule has 1 aromatic carbocycles. The molecule has 0 bridgehead atoms. The lowest BCUT2D eigenvalue weighted by Gasteiger charge is -2.01. The van der Waals surface area contributed by atoms with Crippen molar-refractivity contribution in [1.29, 1.82) is 0 Å². The van der Waals surface area contributed by atoms with E-state index in [0.717, 1.165) is 0 Å². The maximum Gasteiger partial charge on any atom is 0.330 e. The zero-order valence-electron chi connectivity index (χ0n) is 9.05. The van der Waals surface area contributed by atoms with Crippen LogP contribution in [0.2, 0.25) is 5.02 Å². The van der Waals surface area contributed by atoms with Crippen LogP contribution in [0.1, 0.15) is 11.1 Å². The minimum Gasteiger partial charge on any atom is -0.466 e. The van der Waals surface area contributed by atoms with Gasteiger partial charge in [0, 0.05) is 16.6 Å². The first-order chi connectivity index (χ1) is 8.02. The Labute approximate surface area is 103 Å². The van der Waals surface area contributed by atoms with E-state index in [-0.39, 0.29) is 6.54 Å². The molecule has 0 aliphatic heterocycles. The number of ether oxygens (including phenoxy) is 1. The first-order valence-electron chi connectivity index (χ1n) is 4.69. The van der Waals surface area contributed by atoms with Gasteiger partial charge in [-0.25, -0.2) is 4.79 Å². The average Bonchev–Trinajstić information content (AvgIpc) is 2.29. The van der Waals surface area contributed by atoms with Gasteiger partial charge in [0.05, 0.1) is 12.1 Å². The first kappa shape index (κ1) is 13.2. The molecular formula is C11H10ClNO4. The fourth-order valence-electron chi connectivity index (χ4n) is 1.19. The molecule has 0 amide bonds. The van der Waals surface area contributed by atoms with Gasteiger partial charge in [-0.1, -0.05) is 17.7 Å². The van der Waals surface area contributed by atoms with Gasteiger partial charge in [0.15, 0.2) is 0 Å². The van der Waals surface area contributed by atoms with Crippen LogP contribution in [0, 0.1) is 10.1 Å². The molecule has 6 heteroatoms. The van der Waals surface area contributed by atoms with Crippen molar-refractivity contribution < 1.29 is 14.5 Å². The van der Waals surface area contributed by atoms with E-state index in [1.54, 1.807) is 18.2 Å². The highest BCUT2D eigenvalue weighted by atomic mass is 35.5. The van der Waals surface area contributed by atoms with E-state index in [1.165, 1.54) is 19.3 Å². The number of carbonyl (C=O) groups excluding carboxylic acids is 1. The number of carbonyl (C=O) groups is 1. The third kappa shape index (κ3) is 4.24. The lowest BCUT2D eigenvalue weighted by atomic mass is 10.1. The topological polar surface area (TPSA) is 69.4 Å². The maximum absolute atomic E-state index is 10.9. The van der Waals surface area contributed by atoms with E-state index in [4.69, 9.17) is 11.6 Å². The summed E-state index contributed by atoms with van der Waals surface area (Å²) in [4.78, 5) is 20.8. The molecule has 17 heavy (non-hydrogen) atoms. The summed E-state index contributed by atoms with van der Waals surface area (Å²) in [5.41, 5.74) is 1.06. The average molecular weight is 256 g/mol. The Morgan fingerprint density at radius 2 is 2.29 bits per heavy atom. The quantitative estimate of drug-likeness (QED) is 0.358. The highest BCUT2D eigenvalue weighted by Crippen LogP contribution is 2.19. The summed E-state index contributed by atoms with van der Waals surface area (Å²) in [5, 5.41) is 10.7. The van der Waals surface area contributed by atoms with Crippen molar-refractivity contribution in [3.05, 3.63) is 50.5 Å². The molecule has 0 saturated carbocycles. The number of esters is 1. The third-order valence-electron chi connectivity index (χ3n) is 1.98. The van der Waals surface area contributed by atoms with Gasteiger partial charge in [-0.15, -0.1) is 0 Å². The minimum atomic E-state index is -0.490. The van der Waals surface area contributed by atoms with Crippen molar-refractivity contribution in [2.45, 2.75) is 6.54 Å². The van der Waals surface area contributed by atoms with Crippen molar-refractivity contribution >= 4 is 23.6 Å². The molecule has 0 atom stereocenters. The van der Waals surface area contributed by atoms with Gasteiger partial charge in [0.2, 0.25) is 6.54 Å². The van der Waals surface area contributed by atoms with Gasteiger partial charge >= 0.3 is 5.97 Å². The minimum absolute atomic E-state index is 0.330. The molecule has 0 radical (unpaired) electrons. The van der Waals surface area contributed by atoms with Crippen LogP contribution in [-0.4, -0.2) is 18.0 Å². The molecule has 0 spiro atoms. The van der Waals surface area contributed by atoms with Crippen molar-refractivity contribution in [2.24, 2.45) is 0 Å². The second kappa shape index (κ2) is 6.00. The molecular weight excluding hydrogens is 246 g/mol. The fourth-order valence-corrected chi connectivity index (χ4v) is 1.37. The van der Waals surface area contributed by atoms with Crippen LogP contribution in [0.15, 0.2) is 24.3 Å². The van der Waals surface area contributed by atoms with Crippen LogP contribution in [0.3, 0.4) is 0 Å². The molecule has 0 saturated heterocycles. The van der Waals surface area contributed by atoms with Crippen LogP contribution in [0.25, 0.3) is 6.08 Å². The van der Waals surface area contributed by atoms with E-state index in [1.807, 2.05) is 0 Å². The Kier molecular flexibility index (Phi) is 4.66. The van der Waals surface area contributed by atoms with Crippen molar-refractivity contribution in [2.75, 3.05) is 7.11 Å². The summed E-state index contributed by atoms with van der Waals surface area (Å²) < 4.78 is 4.43. The highest BCUT2D eigenvalue weighted by Gasteiger charge is 2.07. The van der Waals surface area contributed by atoms with Crippen LogP contribution < -0.4 is 0 Å². The van der Waals surface area contributed by atoms with Gasteiger partial charge in [-0.05, 0) is 23.8 Å². The molecule has 0 fully saturated rings. The van der Waals surface area contributed by atoms with Gasteiger partial charge in [0.25, 0.3) is 0 Å². The molecule has 5 nitrogen and oxygen atoms in total. The molecule has 0 aliphatic carbocycles. The largest absolute Gasteiger partial charge is 0.466 e. The number of benzene rings is 1. The molecule has 0 unspecified atom stereocenters. The Morgan fingerprint density at radius 1 is 1.59 bits per heavy atom. The summed E-state index contributed by atoms with van der Waals surface area (Å²) in [6, 6.07) is 4.77. The second-order valence-corrected chi connectivity index (χ2v) is 3.61. The van der Waals surface area contributed by atoms with Gasteiger partial charge in [-0.3, -0.25) is 10.1 Å². The molecule has 90 valence electrons. The number of nitrogens with zero attached hydrogens (tertiary/aromatic N) is 1. The normalized spacial score (nSPS) is 10.5. The zero-order chi connectivity index (χ0) is 12.8. The Bertz CT molecular complexity index is 471. The number of hydrogen-bond acceptors (Lipinski definition) is 4. The van der Waals surface area contributed by atoms with E-state index in [0.29, 0.717) is 16.1 Å². The summed E-state index contributed by atoms with van der Waals surface area (Å²) in [7, 11) is 1.27. The zero-order valence-corrected chi connectivity index (χ0v) is 9.81. The van der Waals surface area contributed by atoms with Gasteiger partial charge < -0.3 is 4.74 Å². The predicted octanol–water partition coefficient (Wildman–Crippen LogP) is 2.30. The summed E-state index contributed by atoms with van der Waals surface area (Å²) in [6.45, 7) is -0.348. The summed E-state index contributed by atoms with van der Waals surface area (Å²) >= 11 is 5.81. The molecule has 0 aromatic heterocycles. The van der Waals surface area contributed by atoms with E-state index >= 15 is 0 Å². The molecule has 0 heterocycles. The molecule has 1 aromatic rings. The number of hydrogen-bond donors (Lipinski definition) is 0. The van der Waals surface area contributed by atoms with Gasteiger partial charge in [-0.2, -0.15) is 0 Å². The van der Waals surface area contributed by atoms with Crippen molar-refractivity contribution in [3.8, 4) is 0 Å². The third-order valence-corrected chi connectivity index (χ3v) is 2.35. The van der Waals surface area contributed by atoms with Crippen LogP contribution >= 0.6 is 11.6 Å². The first-order valence-corrected chi connectivity index (χ1v) is 5.07. The van der Waals surface area contributed by atoms with E-state index < -0.39 is 10.9 Å². The number of halogens is 1. The lowest BCUT2D eigenvalue weighted by molar-refractivity contribution is -0.496. The SMILES string of the molecule is COC(=O)/C=C/c1ccc(Cl)c(C[N+](=O)[O-])c1. The van der Waals surface area contributed by atoms with Crippen molar-refractivity contribution in [3.63, 3.8) is 0 Å². The van der Waals surface area contributed by atoms with Gasteiger partial charge in [0.1, 0.15) is 0 Å². The molecule has 0 aliphatic rings. The molecule has 1 rings (SSSR count). The summed E-state index contributed by atoms with van der Waals surface area (Å²) in [5.74, 6) is -0.490. The highest BCUT2D eigenvalue weighted by molar-refractivity contribution is 6.31. The van der Waals surface area contributed by atoms with Crippen molar-refractivity contribution in [1.82, 2.24) is 0 Å². The van der Waals surface area contributed by atoms with Crippen LogP contribution in [0.4, 0.5) is 0 Å². The number of nitro groups is 1. The van der Waals surface area contributed by atoms with Crippen LogP contribution in [-0.2, 0) is 16.1 Å². The fraction of sp³-hybridized carbons (Fsp3) is 0.182. The second-order valence-electron chi connectivity index (χ2n) is 3.20. The summed E-state index contributed by atoms with van der Waals surface area (Å²) in [6.07, 6.45) is 2.74. The maximum atomic E-state index is 10.9. The monoisotopic (exact) mass is 255 g/mol. The Balaban J connectivity index is 2.92. The lowest BCUT2D eigenvalue weighted by Crippen LogP contribution is -1.99. The van der Waals surface area contributed by atoms with E-state index in [9.17, 15) is 14.9 Å². The Morgan fingerprint density at radius 3 is 2.88 bits per heavy atom. The predicted molar refractivity (Wildman–Crippen MR) is 63.2 cm³/mol. The smallest absolute Gasteiger partial charge is 0.330 e. The van der Waals surface area contributed by atoms with E-state index in [2.05, 4.69) is 4.74 Å². The Hall–Kier alpha value is -1.88.